The highest BCUT2D eigenvalue weighted by atomic mass is 16.4. The highest BCUT2D eigenvalue weighted by Gasteiger charge is 2.39. The van der Waals surface area contributed by atoms with Crippen molar-refractivity contribution in [2.75, 3.05) is 0 Å². The van der Waals surface area contributed by atoms with Gasteiger partial charge in [-0.2, -0.15) is 0 Å². The summed E-state index contributed by atoms with van der Waals surface area (Å²) < 4.78 is 0. The monoisotopic (exact) mass is 231 g/mol. The van der Waals surface area contributed by atoms with E-state index in [0.29, 0.717) is 6.42 Å². The molecule has 0 aromatic heterocycles. The first-order valence-electron chi connectivity index (χ1n) is 5.74. The van der Waals surface area contributed by atoms with Crippen LogP contribution < -0.4 is 0 Å². The van der Waals surface area contributed by atoms with E-state index in [-0.39, 0.29) is 11.5 Å². The van der Waals surface area contributed by atoms with Gasteiger partial charge in [0.05, 0.1) is 0 Å². The fourth-order valence-corrected chi connectivity index (χ4v) is 2.62. The number of Topliss-reactive ketones (excluding diaryl/α,β-unsaturated/α-hetero) is 1. The second-order valence-electron chi connectivity index (χ2n) is 5.45. The molecule has 1 aliphatic rings. The van der Waals surface area contributed by atoms with Crippen molar-refractivity contribution in [3.05, 3.63) is 34.4 Å². The van der Waals surface area contributed by atoms with Gasteiger partial charge in [0.15, 0.2) is 11.5 Å². The Balaban J connectivity index is 2.74. The first-order valence-corrected chi connectivity index (χ1v) is 5.74. The highest BCUT2D eigenvalue weighted by molar-refractivity contribution is 6.49. The molecule has 0 spiro atoms. The summed E-state index contributed by atoms with van der Waals surface area (Å²) in [6.45, 7) is 7.76. The Labute approximate surface area is 101 Å². The van der Waals surface area contributed by atoms with E-state index in [0.717, 1.165) is 16.7 Å². The van der Waals surface area contributed by atoms with Crippen molar-refractivity contribution in [3.63, 3.8) is 0 Å². The topological polar surface area (TPSA) is 49.7 Å². The Kier molecular flexibility index (Phi) is 2.57. The van der Waals surface area contributed by atoms with Crippen molar-refractivity contribution in [2.45, 2.75) is 34.1 Å². The molecule has 1 aromatic rings. The van der Waals surface area contributed by atoms with Crippen molar-refractivity contribution < 1.29 is 10.0 Å². The largest absolute Gasteiger partial charge is 0.410 e. The lowest BCUT2D eigenvalue weighted by Gasteiger charge is -2.31. The van der Waals surface area contributed by atoms with Crippen molar-refractivity contribution >= 4 is 11.5 Å². The second-order valence-corrected chi connectivity index (χ2v) is 5.45. The Morgan fingerprint density at radius 2 is 1.94 bits per heavy atom. The number of rotatable bonds is 0. The van der Waals surface area contributed by atoms with Crippen LogP contribution in [0, 0.1) is 19.3 Å². The molecule has 0 heterocycles. The Morgan fingerprint density at radius 1 is 1.29 bits per heavy atom. The van der Waals surface area contributed by atoms with Gasteiger partial charge in [0.1, 0.15) is 0 Å². The Morgan fingerprint density at radius 3 is 2.53 bits per heavy atom. The molecule has 0 aliphatic heterocycles. The van der Waals surface area contributed by atoms with Crippen molar-refractivity contribution in [3.8, 4) is 0 Å². The molecule has 3 nitrogen and oxygen atoms in total. The predicted molar refractivity (Wildman–Crippen MR) is 66.7 cm³/mol. The Bertz CT molecular complexity index is 527. The second kappa shape index (κ2) is 3.69. The molecule has 2 rings (SSSR count). The van der Waals surface area contributed by atoms with Gasteiger partial charge >= 0.3 is 0 Å². The molecule has 0 unspecified atom stereocenters. The van der Waals surface area contributed by atoms with Crippen LogP contribution in [-0.2, 0) is 11.2 Å². The maximum atomic E-state index is 12.2. The lowest BCUT2D eigenvalue weighted by Crippen LogP contribution is -2.39. The van der Waals surface area contributed by atoms with Gasteiger partial charge in [-0.25, -0.2) is 0 Å². The number of carbonyl (C=O) groups excluding carboxylic acids is 1. The van der Waals surface area contributed by atoms with Gasteiger partial charge in [-0.05, 0) is 31.4 Å². The summed E-state index contributed by atoms with van der Waals surface area (Å²) in [6.07, 6.45) is 0.697. The molecule has 0 radical (unpaired) electrons. The third kappa shape index (κ3) is 1.75. The van der Waals surface area contributed by atoms with Crippen LogP contribution in [0.3, 0.4) is 0 Å². The summed E-state index contributed by atoms with van der Waals surface area (Å²) in [6, 6.07) is 4.08. The standard InChI is InChI=1S/C14H17NO2/c1-8-5-9(2)11-10(6-8)7-14(3,4)13(16)12(11)15-17/h5-6,17H,7H2,1-4H3. The molecule has 0 saturated heterocycles. The van der Waals surface area contributed by atoms with Crippen LogP contribution in [0.2, 0.25) is 0 Å². The van der Waals surface area contributed by atoms with Crippen LogP contribution in [0.15, 0.2) is 17.3 Å². The molecule has 0 atom stereocenters. The molecule has 0 saturated carbocycles. The van der Waals surface area contributed by atoms with Crippen LogP contribution >= 0.6 is 0 Å². The minimum atomic E-state index is -0.491. The SMILES string of the molecule is Cc1cc(C)c2c(c1)CC(C)(C)C(=O)C2=NO. The third-order valence-electron chi connectivity index (χ3n) is 3.36. The number of ketones is 1. The molecule has 0 amide bonds. The zero-order valence-electron chi connectivity index (χ0n) is 10.7. The van der Waals surface area contributed by atoms with Crippen LogP contribution in [0.4, 0.5) is 0 Å². The minimum Gasteiger partial charge on any atom is -0.410 e. The lowest BCUT2D eigenvalue weighted by molar-refractivity contribution is -0.120. The average Bonchev–Trinajstić information content (AvgIpc) is 2.20. The van der Waals surface area contributed by atoms with Crippen LogP contribution in [0.1, 0.15) is 36.1 Å². The van der Waals surface area contributed by atoms with Crippen LogP contribution in [-0.4, -0.2) is 16.7 Å². The number of hydrogen-bond acceptors (Lipinski definition) is 3. The van der Waals surface area contributed by atoms with E-state index in [1.54, 1.807) is 0 Å². The zero-order valence-corrected chi connectivity index (χ0v) is 10.7. The normalized spacial score (nSPS) is 20.5. The number of fused-ring (bicyclic) bond motifs is 1. The van der Waals surface area contributed by atoms with Gasteiger partial charge in [0.25, 0.3) is 0 Å². The smallest absolute Gasteiger partial charge is 0.191 e. The van der Waals surface area contributed by atoms with Crippen LogP contribution in [0.5, 0.6) is 0 Å². The van der Waals surface area contributed by atoms with E-state index in [1.807, 2.05) is 33.8 Å². The molecule has 17 heavy (non-hydrogen) atoms. The van der Waals surface area contributed by atoms with E-state index in [1.165, 1.54) is 5.56 Å². The number of oxime groups is 1. The maximum Gasteiger partial charge on any atom is 0.191 e. The van der Waals surface area contributed by atoms with E-state index in [2.05, 4.69) is 11.2 Å². The number of carbonyl (C=O) groups is 1. The highest BCUT2D eigenvalue weighted by Crippen LogP contribution is 2.34. The van der Waals surface area contributed by atoms with E-state index >= 15 is 0 Å². The fourth-order valence-electron chi connectivity index (χ4n) is 2.62. The molecular weight excluding hydrogens is 214 g/mol. The summed E-state index contributed by atoms with van der Waals surface area (Å²) in [5.41, 5.74) is 3.78. The molecule has 0 fully saturated rings. The van der Waals surface area contributed by atoms with E-state index in [4.69, 9.17) is 5.21 Å². The van der Waals surface area contributed by atoms with E-state index < -0.39 is 5.41 Å². The van der Waals surface area contributed by atoms with Crippen LogP contribution in [0.25, 0.3) is 0 Å². The lowest BCUT2D eigenvalue weighted by atomic mass is 9.71. The molecule has 1 aromatic carbocycles. The minimum absolute atomic E-state index is 0.0838. The maximum absolute atomic E-state index is 12.2. The van der Waals surface area contributed by atoms with Gasteiger partial charge in [0, 0.05) is 11.0 Å². The Hall–Kier alpha value is -1.64. The predicted octanol–water partition coefficient (Wildman–Crippen LogP) is 2.63. The van der Waals surface area contributed by atoms with Gasteiger partial charge < -0.3 is 5.21 Å². The van der Waals surface area contributed by atoms with Gasteiger partial charge in [-0.15, -0.1) is 0 Å². The summed E-state index contributed by atoms with van der Waals surface area (Å²) in [4.78, 5) is 12.2. The zero-order chi connectivity index (χ0) is 12.8. The molecule has 0 bridgehead atoms. The first-order chi connectivity index (χ1) is 7.86. The summed E-state index contributed by atoms with van der Waals surface area (Å²) in [5, 5.41) is 12.3. The summed E-state index contributed by atoms with van der Waals surface area (Å²) >= 11 is 0. The summed E-state index contributed by atoms with van der Waals surface area (Å²) in [5.74, 6) is -0.0838. The van der Waals surface area contributed by atoms with Gasteiger partial charge in [0.2, 0.25) is 0 Å². The van der Waals surface area contributed by atoms with Gasteiger partial charge in [-0.3, -0.25) is 4.79 Å². The number of nitrogens with zero attached hydrogens (tertiary/aromatic N) is 1. The number of benzene rings is 1. The number of aryl methyl sites for hydroxylation is 2. The molecule has 3 heteroatoms. The molecule has 90 valence electrons. The molecular formula is C14H17NO2. The molecule has 1 N–H and O–H groups in total. The third-order valence-corrected chi connectivity index (χ3v) is 3.36. The summed E-state index contributed by atoms with van der Waals surface area (Å²) in [7, 11) is 0. The van der Waals surface area contributed by atoms with Crippen molar-refractivity contribution in [1.29, 1.82) is 0 Å². The fraction of sp³-hybridized carbons (Fsp3) is 0.429. The van der Waals surface area contributed by atoms with Crippen molar-refractivity contribution in [2.24, 2.45) is 10.6 Å². The van der Waals surface area contributed by atoms with E-state index in [9.17, 15) is 4.79 Å². The molecule has 1 aliphatic carbocycles. The quantitative estimate of drug-likeness (QED) is 0.551. The van der Waals surface area contributed by atoms with Crippen molar-refractivity contribution in [1.82, 2.24) is 0 Å². The average molecular weight is 231 g/mol. The first kappa shape index (κ1) is 11.8. The number of hydrogen-bond donors (Lipinski definition) is 1. The van der Waals surface area contributed by atoms with Gasteiger partial charge in [-0.1, -0.05) is 36.7 Å².